The van der Waals surface area contributed by atoms with Crippen molar-refractivity contribution in [2.24, 2.45) is 5.92 Å². The smallest absolute Gasteiger partial charge is 0.337 e. The molecule has 2 rings (SSSR count). The number of ether oxygens (including phenoxy) is 1. The molecule has 1 aromatic heterocycles. The molecule has 0 amide bonds. The number of carboxylic acid groups (broad SMARTS) is 1. The Morgan fingerprint density at radius 2 is 2.26 bits per heavy atom. The summed E-state index contributed by atoms with van der Waals surface area (Å²) in [4.78, 5) is 15.1. The first-order valence-electron chi connectivity index (χ1n) is 6.68. The van der Waals surface area contributed by atoms with Gasteiger partial charge < -0.3 is 9.84 Å². The standard InChI is InChI=1S/C14H18ClNO3/c1-2-9-5-3-4-6-11(9)19-13-12(15)10(14(17)18)7-8-16-13/h7-9,11H,2-6H2,1H3,(H,17,18). The van der Waals surface area contributed by atoms with Crippen molar-refractivity contribution < 1.29 is 14.6 Å². The van der Waals surface area contributed by atoms with Crippen LogP contribution in [0.3, 0.4) is 0 Å². The molecule has 1 aliphatic carbocycles. The molecule has 1 N–H and O–H groups in total. The van der Waals surface area contributed by atoms with E-state index in [2.05, 4.69) is 11.9 Å². The van der Waals surface area contributed by atoms with Gasteiger partial charge in [-0.25, -0.2) is 9.78 Å². The van der Waals surface area contributed by atoms with E-state index in [4.69, 9.17) is 21.4 Å². The monoisotopic (exact) mass is 283 g/mol. The summed E-state index contributed by atoms with van der Waals surface area (Å²) in [6, 6.07) is 1.38. The van der Waals surface area contributed by atoms with Crippen molar-refractivity contribution in [2.75, 3.05) is 0 Å². The Morgan fingerprint density at radius 3 is 2.95 bits per heavy atom. The second-order valence-corrected chi connectivity index (χ2v) is 5.27. The second kappa shape index (κ2) is 6.24. The number of rotatable bonds is 4. The molecule has 0 radical (unpaired) electrons. The lowest BCUT2D eigenvalue weighted by Crippen LogP contribution is -2.30. The average Bonchev–Trinajstić information content (AvgIpc) is 2.41. The van der Waals surface area contributed by atoms with E-state index >= 15 is 0 Å². The molecule has 0 spiro atoms. The van der Waals surface area contributed by atoms with Crippen LogP contribution in [-0.4, -0.2) is 22.2 Å². The SMILES string of the molecule is CCC1CCCCC1Oc1nccc(C(=O)O)c1Cl. The van der Waals surface area contributed by atoms with Crippen molar-refractivity contribution in [1.29, 1.82) is 0 Å². The molecule has 0 aromatic carbocycles. The first-order valence-corrected chi connectivity index (χ1v) is 7.05. The molecule has 1 saturated carbocycles. The summed E-state index contributed by atoms with van der Waals surface area (Å²) in [5, 5.41) is 9.12. The fraction of sp³-hybridized carbons (Fsp3) is 0.571. The van der Waals surface area contributed by atoms with Crippen LogP contribution in [0.2, 0.25) is 5.02 Å². The van der Waals surface area contributed by atoms with Gasteiger partial charge in [0.25, 0.3) is 0 Å². The maximum Gasteiger partial charge on any atom is 0.337 e. The third-order valence-corrected chi connectivity index (χ3v) is 4.08. The van der Waals surface area contributed by atoms with E-state index in [0.717, 1.165) is 25.7 Å². The minimum Gasteiger partial charge on any atom is -0.478 e. The lowest BCUT2D eigenvalue weighted by molar-refractivity contribution is 0.0691. The molecule has 2 atom stereocenters. The Morgan fingerprint density at radius 1 is 1.53 bits per heavy atom. The molecule has 2 unspecified atom stereocenters. The van der Waals surface area contributed by atoms with Gasteiger partial charge in [-0.05, 0) is 37.7 Å². The fourth-order valence-electron chi connectivity index (χ4n) is 2.61. The second-order valence-electron chi connectivity index (χ2n) is 4.89. The Kier molecular flexibility index (Phi) is 4.64. The molecule has 0 bridgehead atoms. The molecule has 104 valence electrons. The third-order valence-electron chi connectivity index (χ3n) is 3.71. The highest BCUT2D eigenvalue weighted by Crippen LogP contribution is 2.33. The van der Waals surface area contributed by atoms with E-state index in [-0.39, 0.29) is 22.6 Å². The summed E-state index contributed by atoms with van der Waals surface area (Å²) in [5.74, 6) is -0.319. The van der Waals surface area contributed by atoms with Crippen molar-refractivity contribution in [3.05, 3.63) is 22.8 Å². The van der Waals surface area contributed by atoms with Crippen LogP contribution < -0.4 is 4.74 Å². The first-order chi connectivity index (χ1) is 9.13. The molecule has 5 heteroatoms. The maximum atomic E-state index is 11.0. The van der Waals surface area contributed by atoms with Crippen LogP contribution in [0, 0.1) is 5.92 Å². The van der Waals surface area contributed by atoms with Gasteiger partial charge in [0.15, 0.2) is 0 Å². The normalized spacial score (nSPS) is 23.1. The number of halogens is 1. The Bertz CT molecular complexity index is 464. The number of aromatic nitrogens is 1. The van der Waals surface area contributed by atoms with Gasteiger partial charge >= 0.3 is 5.97 Å². The van der Waals surface area contributed by atoms with Crippen molar-refractivity contribution >= 4 is 17.6 Å². The van der Waals surface area contributed by atoms with Crippen LogP contribution in [0.15, 0.2) is 12.3 Å². The summed E-state index contributed by atoms with van der Waals surface area (Å²) in [7, 11) is 0. The molecule has 1 aliphatic rings. The number of carboxylic acids is 1. The fourth-order valence-corrected chi connectivity index (χ4v) is 2.85. The molecule has 4 nitrogen and oxygen atoms in total. The molecule has 0 aliphatic heterocycles. The summed E-state index contributed by atoms with van der Waals surface area (Å²) in [6.07, 6.45) is 7.07. The van der Waals surface area contributed by atoms with Gasteiger partial charge in [0.2, 0.25) is 5.88 Å². The van der Waals surface area contributed by atoms with E-state index in [9.17, 15) is 4.79 Å². The van der Waals surface area contributed by atoms with Gasteiger partial charge in [0, 0.05) is 6.20 Å². The molecule has 1 aromatic rings. The molecule has 0 saturated heterocycles. The number of nitrogens with zero attached hydrogens (tertiary/aromatic N) is 1. The van der Waals surface area contributed by atoms with Gasteiger partial charge in [-0.2, -0.15) is 0 Å². The molecular weight excluding hydrogens is 266 g/mol. The zero-order valence-corrected chi connectivity index (χ0v) is 11.7. The van der Waals surface area contributed by atoms with E-state index in [0.29, 0.717) is 5.92 Å². The number of hydrogen-bond acceptors (Lipinski definition) is 3. The average molecular weight is 284 g/mol. The number of pyridine rings is 1. The van der Waals surface area contributed by atoms with E-state index in [1.165, 1.54) is 18.7 Å². The van der Waals surface area contributed by atoms with Gasteiger partial charge in [-0.15, -0.1) is 0 Å². The summed E-state index contributed by atoms with van der Waals surface area (Å²) in [6.45, 7) is 2.15. The number of hydrogen-bond donors (Lipinski definition) is 1. The van der Waals surface area contributed by atoms with Crippen LogP contribution in [0.5, 0.6) is 5.88 Å². The van der Waals surface area contributed by atoms with E-state index in [1.807, 2.05) is 0 Å². The highest BCUT2D eigenvalue weighted by Gasteiger charge is 2.27. The summed E-state index contributed by atoms with van der Waals surface area (Å²) in [5.41, 5.74) is 0.0375. The summed E-state index contributed by atoms with van der Waals surface area (Å²) >= 11 is 6.05. The van der Waals surface area contributed by atoms with Gasteiger partial charge in [-0.1, -0.05) is 24.9 Å². The molecule has 1 fully saturated rings. The van der Waals surface area contributed by atoms with Crippen molar-refractivity contribution in [3.8, 4) is 5.88 Å². The van der Waals surface area contributed by atoms with Gasteiger partial charge in [0.05, 0.1) is 5.56 Å². The predicted molar refractivity (Wildman–Crippen MR) is 72.9 cm³/mol. The van der Waals surface area contributed by atoms with Crippen molar-refractivity contribution in [3.63, 3.8) is 0 Å². The Labute approximate surface area is 117 Å². The largest absolute Gasteiger partial charge is 0.478 e. The highest BCUT2D eigenvalue weighted by atomic mass is 35.5. The predicted octanol–water partition coefficient (Wildman–Crippen LogP) is 3.78. The lowest BCUT2D eigenvalue weighted by Gasteiger charge is -2.31. The molecule has 1 heterocycles. The highest BCUT2D eigenvalue weighted by molar-refractivity contribution is 6.34. The first kappa shape index (κ1) is 14.1. The minimum atomic E-state index is -1.06. The lowest BCUT2D eigenvalue weighted by atomic mass is 9.85. The molecular formula is C14H18ClNO3. The summed E-state index contributed by atoms with van der Waals surface area (Å²) < 4.78 is 5.87. The van der Waals surface area contributed by atoms with Crippen LogP contribution in [0.4, 0.5) is 0 Å². The van der Waals surface area contributed by atoms with Crippen LogP contribution in [0.1, 0.15) is 49.4 Å². The van der Waals surface area contributed by atoms with Crippen molar-refractivity contribution in [2.45, 2.75) is 45.1 Å². The Balaban J connectivity index is 2.18. The zero-order valence-electron chi connectivity index (χ0n) is 10.9. The molecule has 19 heavy (non-hydrogen) atoms. The van der Waals surface area contributed by atoms with Crippen molar-refractivity contribution in [1.82, 2.24) is 4.98 Å². The quantitative estimate of drug-likeness (QED) is 0.913. The van der Waals surface area contributed by atoms with E-state index < -0.39 is 5.97 Å². The van der Waals surface area contributed by atoms with Crippen LogP contribution in [0.25, 0.3) is 0 Å². The van der Waals surface area contributed by atoms with Crippen LogP contribution in [-0.2, 0) is 0 Å². The Hall–Kier alpha value is -1.29. The zero-order chi connectivity index (χ0) is 13.8. The van der Waals surface area contributed by atoms with Gasteiger partial charge in [-0.3, -0.25) is 0 Å². The number of carbonyl (C=O) groups is 1. The topological polar surface area (TPSA) is 59.4 Å². The van der Waals surface area contributed by atoms with Gasteiger partial charge in [0.1, 0.15) is 11.1 Å². The maximum absolute atomic E-state index is 11.0. The van der Waals surface area contributed by atoms with E-state index in [1.54, 1.807) is 0 Å². The van der Waals surface area contributed by atoms with Crippen LogP contribution >= 0.6 is 11.6 Å². The number of aromatic carboxylic acids is 1. The minimum absolute atomic E-state index is 0.0375. The third kappa shape index (κ3) is 3.18.